The fourth-order valence-electron chi connectivity index (χ4n) is 2.52. The summed E-state index contributed by atoms with van der Waals surface area (Å²) in [5.41, 5.74) is 0.859. The minimum atomic E-state index is -0.539. The summed E-state index contributed by atoms with van der Waals surface area (Å²) in [6.07, 6.45) is 3.06. The number of benzene rings is 2. The fraction of sp³-hybridized carbons (Fsp3) is 0.444. The minimum absolute atomic E-state index is 0.539. The highest BCUT2D eigenvalue weighted by Crippen LogP contribution is 2.26. The van der Waals surface area contributed by atoms with Gasteiger partial charge in [0, 0.05) is 0 Å². The Morgan fingerprint density at radius 3 is 2.42 bits per heavy atom. The molecule has 0 saturated heterocycles. The van der Waals surface area contributed by atoms with Crippen molar-refractivity contribution in [2.75, 3.05) is 0 Å². The molecule has 2 rings (SSSR count). The summed E-state index contributed by atoms with van der Waals surface area (Å²) < 4.78 is 0. The maximum Gasteiger partial charge on any atom is 0.0591 e. The van der Waals surface area contributed by atoms with E-state index in [1.54, 1.807) is 0 Å². The Balaban J connectivity index is 2.03. The quantitative estimate of drug-likeness (QED) is 0.808. The second-order valence-corrected chi connectivity index (χ2v) is 6.21. The highest BCUT2D eigenvalue weighted by Gasteiger charge is 2.13. The lowest BCUT2D eigenvalue weighted by Gasteiger charge is -2.18. The highest BCUT2D eigenvalue weighted by atomic mass is 16.3. The van der Waals surface area contributed by atoms with Crippen LogP contribution in [0.25, 0.3) is 10.8 Å². The van der Waals surface area contributed by atoms with Crippen molar-refractivity contribution in [2.45, 2.75) is 51.6 Å². The normalized spacial score (nSPS) is 13.7. The first kappa shape index (κ1) is 14.1. The fourth-order valence-corrected chi connectivity index (χ4v) is 2.52. The number of hydrogen-bond acceptors (Lipinski definition) is 1. The summed E-state index contributed by atoms with van der Waals surface area (Å²) in [4.78, 5) is 0. The summed E-state index contributed by atoms with van der Waals surface area (Å²) >= 11 is 0. The van der Waals surface area contributed by atoms with Gasteiger partial charge in [0.25, 0.3) is 0 Å². The number of hydrogen-bond donors (Lipinski definition) is 1. The Morgan fingerprint density at radius 1 is 1.05 bits per heavy atom. The maximum atomic E-state index is 9.74. The predicted molar refractivity (Wildman–Crippen MR) is 82.5 cm³/mol. The molecule has 0 aromatic heterocycles. The van der Waals surface area contributed by atoms with Crippen LogP contribution in [0.4, 0.5) is 0 Å². The van der Waals surface area contributed by atoms with Gasteiger partial charge in [-0.15, -0.1) is 0 Å². The molecule has 2 aromatic carbocycles. The highest BCUT2D eigenvalue weighted by molar-refractivity contribution is 5.83. The van der Waals surface area contributed by atoms with Crippen molar-refractivity contribution in [1.29, 1.82) is 0 Å². The van der Waals surface area contributed by atoms with Gasteiger partial charge in [-0.25, -0.2) is 0 Å². The van der Waals surface area contributed by atoms with Crippen molar-refractivity contribution in [1.82, 2.24) is 0 Å². The van der Waals surface area contributed by atoms with E-state index in [0.29, 0.717) is 5.92 Å². The van der Waals surface area contributed by atoms with Crippen molar-refractivity contribution in [3.63, 3.8) is 0 Å². The molecular weight excluding hydrogens is 232 g/mol. The van der Waals surface area contributed by atoms with E-state index in [1.165, 1.54) is 16.3 Å². The molecule has 0 heterocycles. The molecule has 1 N–H and O–H groups in total. The van der Waals surface area contributed by atoms with E-state index in [-0.39, 0.29) is 0 Å². The second kappa shape index (κ2) is 5.75. The number of rotatable bonds is 5. The van der Waals surface area contributed by atoms with E-state index in [2.05, 4.69) is 49.4 Å². The van der Waals surface area contributed by atoms with E-state index in [9.17, 15) is 5.11 Å². The Kier molecular flexibility index (Phi) is 4.26. The third-order valence-electron chi connectivity index (χ3n) is 3.77. The molecule has 0 fully saturated rings. The predicted octanol–water partition coefficient (Wildman–Crippen LogP) is 4.88. The lowest BCUT2D eigenvalue weighted by atomic mass is 9.91. The average Bonchev–Trinajstić information content (AvgIpc) is 2.36. The summed E-state index contributed by atoms with van der Waals surface area (Å²) in [5.74, 6) is 0.548. The lowest BCUT2D eigenvalue weighted by Crippen LogP contribution is -2.18. The second-order valence-electron chi connectivity index (χ2n) is 6.21. The van der Waals surface area contributed by atoms with Gasteiger partial charge in [-0.1, -0.05) is 55.8 Å². The minimum Gasteiger partial charge on any atom is -0.390 e. The summed E-state index contributed by atoms with van der Waals surface area (Å²) in [6.45, 7) is 6.04. The monoisotopic (exact) mass is 256 g/mol. The molecule has 2 aromatic rings. The van der Waals surface area contributed by atoms with Crippen LogP contribution in [-0.2, 0) is 0 Å². The van der Waals surface area contributed by atoms with Crippen molar-refractivity contribution in [3.05, 3.63) is 48.0 Å². The van der Waals surface area contributed by atoms with E-state index in [0.717, 1.165) is 19.3 Å². The molecule has 0 aliphatic carbocycles. The average molecular weight is 256 g/mol. The van der Waals surface area contributed by atoms with Crippen LogP contribution in [-0.4, -0.2) is 10.7 Å². The van der Waals surface area contributed by atoms with E-state index in [4.69, 9.17) is 0 Å². The molecule has 1 unspecified atom stereocenters. The topological polar surface area (TPSA) is 20.2 Å². The number of fused-ring (bicyclic) bond motifs is 1. The van der Waals surface area contributed by atoms with Gasteiger partial charge < -0.3 is 5.11 Å². The molecule has 1 heteroatoms. The van der Waals surface area contributed by atoms with Gasteiger partial charge in [0.1, 0.15) is 0 Å². The van der Waals surface area contributed by atoms with Gasteiger partial charge in [-0.2, -0.15) is 0 Å². The zero-order valence-corrected chi connectivity index (χ0v) is 12.2. The molecular formula is C18H24O. The first-order valence-corrected chi connectivity index (χ1v) is 7.17. The molecule has 0 bridgehead atoms. The Morgan fingerprint density at radius 2 is 1.74 bits per heavy atom. The van der Waals surface area contributed by atoms with E-state index in [1.807, 2.05) is 13.8 Å². The zero-order valence-electron chi connectivity index (χ0n) is 12.2. The van der Waals surface area contributed by atoms with Crippen LogP contribution in [0.2, 0.25) is 0 Å². The van der Waals surface area contributed by atoms with Crippen LogP contribution in [0.1, 0.15) is 51.5 Å². The van der Waals surface area contributed by atoms with Crippen molar-refractivity contribution in [3.8, 4) is 0 Å². The molecule has 0 aliphatic rings. The third-order valence-corrected chi connectivity index (χ3v) is 3.77. The standard InChI is InChI=1S/C18H24O/c1-14(7-6-12-18(2,3)19)16-11-10-15-8-4-5-9-17(15)13-16/h4-5,8-11,13-14,19H,6-7,12H2,1-3H3. The van der Waals surface area contributed by atoms with Gasteiger partial charge in [0.15, 0.2) is 0 Å². The number of aliphatic hydroxyl groups is 1. The van der Waals surface area contributed by atoms with Crippen LogP contribution in [0, 0.1) is 0 Å². The molecule has 0 aliphatic heterocycles. The zero-order chi connectivity index (χ0) is 13.9. The molecule has 19 heavy (non-hydrogen) atoms. The lowest BCUT2D eigenvalue weighted by molar-refractivity contribution is 0.0678. The summed E-state index contributed by atoms with van der Waals surface area (Å²) in [7, 11) is 0. The van der Waals surface area contributed by atoms with Gasteiger partial charge in [-0.05, 0) is 48.9 Å². The van der Waals surface area contributed by atoms with Crippen LogP contribution in [0.5, 0.6) is 0 Å². The first-order chi connectivity index (χ1) is 8.96. The van der Waals surface area contributed by atoms with E-state index >= 15 is 0 Å². The smallest absolute Gasteiger partial charge is 0.0591 e. The first-order valence-electron chi connectivity index (χ1n) is 7.17. The molecule has 0 saturated carbocycles. The van der Waals surface area contributed by atoms with Crippen LogP contribution in [0.3, 0.4) is 0 Å². The van der Waals surface area contributed by atoms with Crippen molar-refractivity contribution < 1.29 is 5.11 Å². The molecule has 102 valence electrons. The molecule has 0 spiro atoms. The molecule has 0 amide bonds. The van der Waals surface area contributed by atoms with Crippen LogP contribution >= 0.6 is 0 Å². The van der Waals surface area contributed by atoms with Crippen molar-refractivity contribution in [2.24, 2.45) is 0 Å². The summed E-state index contributed by atoms with van der Waals surface area (Å²) in [6, 6.07) is 15.2. The largest absolute Gasteiger partial charge is 0.390 e. The molecule has 0 radical (unpaired) electrons. The van der Waals surface area contributed by atoms with Gasteiger partial charge in [0.2, 0.25) is 0 Å². The summed E-state index contributed by atoms with van der Waals surface area (Å²) in [5, 5.41) is 12.4. The Bertz CT molecular complexity index is 537. The van der Waals surface area contributed by atoms with Crippen LogP contribution in [0.15, 0.2) is 42.5 Å². The van der Waals surface area contributed by atoms with Crippen molar-refractivity contribution >= 4 is 10.8 Å². The van der Waals surface area contributed by atoms with Gasteiger partial charge in [-0.3, -0.25) is 0 Å². The Hall–Kier alpha value is -1.34. The van der Waals surface area contributed by atoms with E-state index < -0.39 is 5.60 Å². The molecule has 1 atom stereocenters. The SMILES string of the molecule is CC(CCCC(C)(C)O)c1ccc2ccccc2c1. The van der Waals surface area contributed by atoms with Gasteiger partial charge in [0.05, 0.1) is 5.60 Å². The Labute approximate surface area is 116 Å². The third kappa shape index (κ3) is 4.07. The van der Waals surface area contributed by atoms with Crippen LogP contribution < -0.4 is 0 Å². The molecule has 1 nitrogen and oxygen atoms in total. The maximum absolute atomic E-state index is 9.74. The van der Waals surface area contributed by atoms with Gasteiger partial charge >= 0.3 is 0 Å².